The average molecular weight is 194 g/mol. The third-order valence-electron chi connectivity index (χ3n) is 2.24. The summed E-state index contributed by atoms with van der Waals surface area (Å²) in [6.45, 7) is 0.562. The minimum absolute atomic E-state index is 0.228. The smallest absolute Gasteiger partial charge is 0.330 e. The van der Waals surface area contributed by atoms with Crippen molar-refractivity contribution in [2.75, 3.05) is 6.61 Å². The molecule has 0 fully saturated rings. The average Bonchev–Trinajstić information content (AvgIpc) is 2.20. The van der Waals surface area contributed by atoms with E-state index in [4.69, 9.17) is 4.74 Å². The van der Waals surface area contributed by atoms with Crippen LogP contribution in [0, 0.1) is 0 Å². The van der Waals surface area contributed by atoms with Gasteiger partial charge in [-0.25, -0.2) is 4.79 Å². The molecule has 0 aliphatic carbocycles. The maximum absolute atomic E-state index is 11.0. The largest absolute Gasteiger partial charge is 0.463 e. The Morgan fingerprint density at radius 3 is 2.71 bits per heavy atom. The van der Waals surface area contributed by atoms with E-state index in [9.17, 15) is 4.79 Å². The molecule has 1 heterocycles. The normalized spacial score (nSPS) is 25.0. The van der Waals surface area contributed by atoms with E-state index < -0.39 is 0 Å². The standard InChI is InChI=1S/C12H18O2/c13-12-10-8-6-4-2-1-3-5-7-9-11-14-12/h4,6,8,10H,1-3,5,7,9,11H2/b6-4+,10-8-. The number of ether oxygens (including phenoxy) is 1. The van der Waals surface area contributed by atoms with E-state index in [1.54, 1.807) is 6.08 Å². The van der Waals surface area contributed by atoms with Gasteiger partial charge in [0.15, 0.2) is 0 Å². The van der Waals surface area contributed by atoms with Crippen LogP contribution in [0.4, 0.5) is 0 Å². The Morgan fingerprint density at radius 2 is 1.79 bits per heavy atom. The summed E-state index contributed by atoms with van der Waals surface area (Å²) < 4.78 is 5.00. The molecule has 0 bridgehead atoms. The Kier molecular flexibility index (Phi) is 5.80. The molecule has 2 nitrogen and oxygen atoms in total. The highest BCUT2D eigenvalue weighted by atomic mass is 16.5. The van der Waals surface area contributed by atoms with Crippen LogP contribution in [0.2, 0.25) is 0 Å². The number of rotatable bonds is 0. The maximum Gasteiger partial charge on any atom is 0.330 e. The Morgan fingerprint density at radius 1 is 1.00 bits per heavy atom. The highest BCUT2D eigenvalue weighted by Gasteiger charge is 1.96. The zero-order valence-electron chi connectivity index (χ0n) is 8.58. The monoisotopic (exact) mass is 194 g/mol. The van der Waals surface area contributed by atoms with E-state index in [0.717, 1.165) is 12.8 Å². The second kappa shape index (κ2) is 7.36. The van der Waals surface area contributed by atoms with Crippen molar-refractivity contribution in [2.24, 2.45) is 0 Å². The summed E-state index contributed by atoms with van der Waals surface area (Å²) in [7, 11) is 0. The van der Waals surface area contributed by atoms with E-state index in [-0.39, 0.29) is 5.97 Å². The van der Waals surface area contributed by atoms with Crippen LogP contribution >= 0.6 is 0 Å². The van der Waals surface area contributed by atoms with Crippen LogP contribution in [0.3, 0.4) is 0 Å². The molecule has 78 valence electrons. The number of carbonyl (C=O) groups is 1. The SMILES string of the molecule is O=C1/C=C\C=C\CCCCCCCO1. The van der Waals surface area contributed by atoms with E-state index in [0.29, 0.717) is 6.61 Å². The number of esters is 1. The molecule has 1 rings (SSSR count). The Hall–Kier alpha value is -1.05. The summed E-state index contributed by atoms with van der Waals surface area (Å²) in [6.07, 6.45) is 14.3. The zero-order chi connectivity index (χ0) is 10.1. The molecule has 0 aromatic carbocycles. The van der Waals surface area contributed by atoms with E-state index in [1.165, 1.54) is 31.8 Å². The summed E-state index contributed by atoms with van der Waals surface area (Å²) in [5.41, 5.74) is 0. The van der Waals surface area contributed by atoms with Crippen LogP contribution in [-0.2, 0) is 9.53 Å². The molecular formula is C12H18O2. The van der Waals surface area contributed by atoms with Crippen LogP contribution < -0.4 is 0 Å². The first-order valence-corrected chi connectivity index (χ1v) is 5.39. The molecule has 14 heavy (non-hydrogen) atoms. The molecule has 0 unspecified atom stereocenters. The predicted octanol–water partition coefficient (Wildman–Crippen LogP) is 3.00. The topological polar surface area (TPSA) is 26.3 Å². The third kappa shape index (κ3) is 5.57. The first-order chi connectivity index (χ1) is 6.89. The molecule has 0 radical (unpaired) electrons. The van der Waals surface area contributed by atoms with Gasteiger partial charge in [0.2, 0.25) is 0 Å². The number of hydrogen-bond donors (Lipinski definition) is 0. The summed E-state index contributed by atoms with van der Waals surface area (Å²) in [5.74, 6) is -0.228. The van der Waals surface area contributed by atoms with Crippen LogP contribution in [0.25, 0.3) is 0 Å². The first kappa shape index (κ1) is 11.0. The number of hydrogen-bond acceptors (Lipinski definition) is 2. The van der Waals surface area contributed by atoms with Gasteiger partial charge in [-0.2, -0.15) is 0 Å². The number of cyclic esters (lactones) is 1. The maximum atomic E-state index is 11.0. The number of carbonyl (C=O) groups excluding carboxylic acids is 1. The first-order valence-electron chi connectivity index (χ1n) is 5.39. The van der Waals surface area contributed by atoms with Gasteiger partial charge in [0, 0.05) is 6.08 Å². The van der Waals surface area contributed by atoms with Gasteiger partial charge in [-0.1, -0.05) is 37.5 Å². The van der Waals surface area contributed by atoms with Crippen LogP contribution in [0.1, 0.15) is 38.5 Å². The quantitative estimate of drug-likeness (QED) is 0.554. The van der Waals surface area contributed by atoms with E-state index in [1.807, 2.05) is 6.08 Å². The van der Waals surface area contributed by atoms with Gasteiger partial charge in [-0.3, -0.25) is 0 Å². The van der Waals surface area contributed by atoms with E-state index >= 15 is 0 Å². The molecular weight excluding hydrogens is 176 g/mol. The minimum atomic E-state index is -0.228. The lowest BCUT2D eigenvalue weighted by Crippen LogP contribution is -2.01. The number of allylic oxidation sites excluding steroid dienone is 3. The van der Waals surface area contributed by atoms with Crippen LogP contribution in [-0.4, -0.2) is 12.6 Å². The highest BCUT2D eigenvalue weighted by molar-refractivity contribution is 5.82. The molecule has 0 saturated carbocycles. The Labute approximate surface area is 85.6 Å². The van der Waals surface area contributed by atoms with Gasteiger partial charge in [-0.15, -0.1) is 0 Å². The molecule has 0 spiro atoms. The van der Waals surface area contributed by atoms with Crippen molar-refractivity contribution >= 4 is 5.97 Å². The molecule has 0 aromatic heterocycles. The Balaban J connectivity index is 2.34. The van der Waals surface area contributed by atoms with Crippen molar-refractivity contribution < 1.29 is 9.53 Å². The van der Waals surface area contributed by atoms with Crippen molar-refractivity contribution in [3.63, 3.8) is 0 Å². The van der Waals surface area contributed by atoms with Gasteiger partial charge in [-0.05, 0) is 19.3 Å². The molecule has 1 aliphatic heterocycles. The van der Waals surface area contributed by atoms with Gasteiger partial charge in [0.25, 0.3) is 0 Å². The molecule has 2 heteroatoms. The van der Waals surface area contributed by atoms with E-state index in [2.05, 4.69) is 6.08 Å². The molecule has 0 aromatic rings. The molecule has 0 saturated heterocycles. The second-order valence-electron chi connectivity index (χ2n) is 3.51. The van der Waals surface area contributed by atoms with Crippen molar-refractivity contribution in [3.05, 3.63) is 24.3 Å². The lowest BCUT2D eigenvalue weighted by Gasteiger charge is -2.01. The summed E-state index contributed by atoms with van der Waals surface area (Å²) >= 11 is 0. The van der Waals surface area contributed by atoms with Gasteiger partial charge < -0.3 is 4.74 Å². The van der Waals surface area contributed by atoms with Crippen molar-refractivity contribution in [3.8, 4) is 0 Å². The van der Waals surface area contributed by atoms with Crippen molar-refractivity contribution in [2.45, 2.75) is 38.5 Å². The Bertz CT molecular complexity index is 216. The zero-order valence-corrected chi connectivity index (χ0v) is 8.58. The van der Waals surface area contributed by atoms with Gasteiger partial charge >= 0.3 is 5.97 Å². The summed E-state index contributed by atoms with van der Waals surface area (Å²) in [4.78, 5) is 11.0. The van der Waals surface area contributed by atoms with Crippen LogP contribution in [0.5, 0.6) is 0 Å². The lowest BCUT2D eigenvalue weighted by atomic mass is 10.1. The lowest BCUT2D eigenvalue weighted by molar-refractivity contribution is -0.137. The molecule has 0 N–H and O–H groups in total. The summed E-state index contributed by atoms with van der Waals surface area (Å²) in [5, 5.41) is 0. The highest BCUT2D eigenvalue weighted by Crippen LogP contribution is 2.06. The van der Waals surface area contributed by atoms with Gasteiger partial charge in [0.1, 0.15) is 0 Å². The van der Waals surface area contributed by atoms with Crippen molar-refractivity contribution in [1.82, 2.24) is 0 Å². The fourth-order valence-electron chi connectivity index (χ4n) is 1.42. The molecule has 0 amide bonds. The fourth-order valence-corrected chi connectivity index (χ4v) is 1.42. The second-order valence-corrected chi connectivity index (χ2v) is 3.51. The molecule has 1 aliphatic rings. The van der Waals surface area contributed by atoms with Crippen LogP contribution in [0.15, 0.2) is 24.3 Å². The fraction of sp³-hybridized carbons (Fsp3) is 0.583. The van der Waals surface area contributed by atoms with Crippen molar-refractivity contribution in [1.29, 1.82) is 0 Å². The molecule has 0 atom stereocenters. The summed E-state index contributed by atoms with van der Waals surface area (Å²) in [6, 6.07) is 0. The third-order valence-corrected chi connectivity index (χ3v) is 2.24. The minimum Gasteiger partial charge on any atom is -0.463 e. The predicted molar refractivity (Wildman–Crippen MR) is 56.9 cm³/mol. The van der Waals surface area contributed by atoms with Gasteiger partial charge in [0.05, 0.1) is 6.61 Å².